The van der Waals surface area contributed by atoms with Gasteiger partial charge in [0.05, 0.1) is 19.8 Å². The van der Waals surface area contributed by atoms with Crippen molar-refractivity contribution in [3.05, 3.63) is 29.8 Å². The topological polar surface area (TPSA) is 133 Å². The van der Waals surface area contributed by atoms with Crippen LogP contribution in [0.2, 0.25) is 0 Å². The summed E-state index contributed by atoms with van der Waals surface area (Å²) < 4.78 is 21.6. The van der Waals surface area contributed by atoms with Gasteiger partial charge in [0.25, 0.3) is 5.91 Å². The number of amides is 2. The highest BCUT2D eigenvalue weighted by Gasteiger charge is 2.08. The zero-order valence-corrected chi connectivity index (χ0v) is 20.4. The third-order valence-electron chi connectivity index (χ3n) is 4.10. The Labute approximate surface area is 202 Å². The van der Waals surface area contributed by atoms with Gasteiger partial charge in [0, 0.05) is 31.1 Å². The van der Waals surface area contributed by atoms with Crippen LogP contribution in [-0.2, 0) is 19.0 Å². The molecule has 10 heteroatoms. The van der Waals surface area contributed by atoms with E-state index in [0.717, 1.165) is 0 Å². The number of carbonyl (C=O) groups is 2. The van der Waals surface area contributed by atoms with Crippen molar-refractivity contribution in [3.63, 3.8) is 0 Å². The molecule has 1 aromatic carbocycles. The normalized spacial score (nSPS) is 11.4. The molecule has 0 heterocycles. The number of rotatable bonds is 17. The van der Waals surface area contributed by atoms with Crippen LogP contribution in [0.1, 0.15) is 24.2 Å². The van der Waals surface area contributed by atoms with Crippen LogP contribution >= 0.6 is 0 Å². The van der Waals surface area contributed by atoms with Crippen molar-refractivity contribution in [2.75, 3.05) is 66.3 Å². The highest BCUT2D eigenvalue weighted by atomic mass is 16.6. The molecule has 2 amide bonds. The Morgan fingerprint density at radius 1 is 1.06 bits per heavy atom. The Bertz CT molecular complexity index is 778. The summed E-state index contributed by atoms with van der Waals surface area (Å²) in [5.41, 5.74) is 6.38. The quantitative estimate of drug-likeness (QED) is 0.141. The van der Waals surface area contributed by atoms with Gasteiger partial charge in [-0.05, 0) is 25.2 Å². The molecule has 190 valence electrons. The van der Waals surface area contributed by atoms with Gasteiger partial charge in [0.2, 0.25) is 5.91 Å². The Morgan fingerprint density at radius 2 is 1.88 bits per heavy atom. The maximum absolute atomic E-state index is 12.1. The predicted molar refractivity (Wildman–Crippen MR) is 129 cm³/mol. The number of hydrogen-bond acceptors (Lipinski definition) is 8. The lowest BCUT2D eigenvalue weighted by atomic mass is 10.2. The van der Waals surface area contributed by atoms with E-state index in [2.05, 4.69) is 27.8 Å². The van der Waals surface area contributed by atoms with Crippen LogP contribution in [0.5, 0.6) is 5.75 Å². The Balaban J connectivity index is 2.10. The molecule has 0 aliphatic rings. The fourth-order valence-corrected chi connectivity index (χ4v) is 2.46. The Hall–Kier alpha value is -2.68. The molecule has 0 radical (unpaired) electrons. The van der Waals surface area contributed by atoms with Crippen LogP contribution in [0.4, 0.5) is 0 Å². The molecule has 0 spiro atoms. The fourth-order valence-electron chi connectivity index (χ4n) is 2.46. The molecule has 0 fully saturated rings. The number of nitrogens with two attached hydrogens (primary N) is 1. The molecule has 1 unspecified atom stereocenters. The molecule has 0 bridgehead atoms. The molecule has 0 aromatic heterocycles. The Morgan fingerprint density at radius 3 is 2.65 bits per heavy atom. The monoisotopic (exact) mass is 478 g/mol. The summed E-state index contributed by atoms with van der Waals surface area (Å²) in [6.07, 6.45) is -0.679. The third-order valence-corrected chi connectivity index (χ3v) is 4.10. The van der Waals surface area contributed by atoms with Crippen LogP contribution in [0.15, 0.2) is 24.3 Å². The van der Waals surface area contributed by atoms with E-state index in [1.54, 1.807) is 24.3 Å². The van der Waals surface area contributed by atoms with E-state index in [1.165, 1.54) is 0 Å². The van der Waals surface area contributed by atoms with E-state index in [-0.39, 0.29) is 38.2 Å². The van der Waals surface area contributed by atoms with Gasteiger partial charge in [-0.15, -0.1) is 0 Å². The van der Waals surface area contributed by atoms with E-state index in [9.17, 15) is 9.59 Å². The number of ether oxygens (including phenoxy) is 4. The second-order valence-electron chi connectivity index (χ2n) is 7.54. The van der Waals surface area contributed by atoms with Gasteiger partial charge in [-0.1, -0.05) is 31.8 Å². The van der Waals surface area contributed by atoms with Gasteiger partial charge >= 0.3 is 0 Å². The second kappa shape index (κ2) is 18.7. The summed E-state index contributed by atoms with van der Waals surface area (Å²) in [5.74, 6) is 6.32. The summed E-state index contributed by atoms with van der Waals surface area (Å²) in [5, 5.41) is 8.46. The molecule has 34 heavy (non-hydrogen) atoms. The lowest BCUT2D eigenvalue weighted by Gasteiger charge is -2.15. The summed E-state index contributed by atoms with van der Waals surface area (Å²) >= 11 is 0. The third kappa shape index (κ3) is 15.2. The van der Waals surface area contributed by atoms with E-state index in [1.807, 2.05) is 20.9 Å². The average molecular weight is 479 g/mol. The van der Waals surface area contributed by atoms with E-state index in [4.69, 9.17) is 24.7 Å². The maximum atomic E-state index is 12.1. The van der Waals surface area contributed by atoms with Gasteiger partial charge in [-0.25, -0.2) is 0 Å². The highest BCUT2D eigenvalue weighted by Crippen LogP contribution is 2.13. The first-order chi connectivity index (χ1) is 16.4. The van der Waals surface area contributed by atoms with Gasteiger partial charge in [-0.3, -0.25) is 9.59 Å². The van der Waals surface area contributed by atoms with Crippen LogP contribution in [0, 0.1) is 17.8 Å². The molecular formula is C24H38N4O6. The van der Waals surface area contributed by atoms with Crippen molar-refractivity contribution >= 4 is 11.8 Å². The first-order valence-corrected chi connectivity index (χ1v) is 11.4. The maximum Gasteiger partial charge on any atom is 0.251 e. The fraction of sp³-hybridized carbons (Fsp3) is 0.583. The minimum absolute atomic E-state index is 0.0779. The van der Waals surface area contributed by atoms with Crippen molar-refractivity contribution in [2.45, 2.75) is 20.1 Å². The number of carbonyl (C=O) groups excluding carboxylic acids is 2. The first kappa shape index (κ1) is 29.4. The van der Waals surface area contributed by atoms with Gasteiger partial charge in [-0.2, -0.15) is 0 Å². The zero-order chi connectivity index (χ0) is 25.0. The van der Waals surface area contributed by atoms with Crippen molar-refractivity contribution < 1.29 is 28.5 Å². The molecule has 0 aliphatic carbocycles. The summed E-state index contributed by atoms with van der Waals surface area (Å²) in [4.78, 5) is 23.8. The van der Waals surface area contributed by atoms with Crippen LogP contribution in [-0.4, -0.2) is 84.4 Å². The average Bonchev–Trinajstić information content (AvgIpc) is 2.82. The standard InChI is InChI=1S/C24H38N4O6/c1-19(2)6-5-12-31-13-11-27-23(29)18-32-14-15-33-22(25)17-34-21-8-4-7-20(16-21)24(30)28-10-9-26-3/h4,7-8,16,19,22,26H,9-15,17-18,25H2,1-3H3,(H,27,29)(H,28,30). The molecule has 0 aliphatic heterocycles. The largest absolute Gasteiger partial charge is 0.489 e. The van der Waals surface area contributed by atoms with Gasteiger partial charge in [0.1, 0.15) is 31.8 Å². The number of nitrogens with one attached hydrogen (secondary N) is 3. The molecule has 5 N–H and O–H groups in total. The predicted octanol–water partition coefficient (Wildman–Crippen LogP) is 0.125. The van der Waals surface area contributed by atoms with E-state index >= 15 is 0 Å². The van der Waals surface area contributed by atoms with Gasteiger partial charge < -0.3 is 40.6 Å². The first-order valence-electron chi connectivity index (χ1n) is 11.4. The van der Waals surface area contributed by atoms with Crippen LogP contribution in [0.25, 0.3) is 0 Å². The van der Waals surface area contributed by atoms with Crippen molar-refractivity contribution in [1.29, 1.82) is 0 Å². The summed E-state index contributed by atoms with van der Waals surface area (Å²) in [6.45, 7) is 6.82. The summed E-state index contributed by atoms with van der Waals surface area (Å²) in [7, 11) is 1.82. The number of likely N-dealkylation sites (N-methyl/N-ethyl adjacent to an activating group) is 1. The smallest absolute Gasteiger partial charge is 0.251 e. The molecule has 1 aromatic rings. The molecular weight excluding hydrogens is 440 g/mol. The van der Waals surface area contributed by atoms with Crippen molar-refractivity contribution in [1.82, 2.24) is 16.0 Å². The lowest BCUT2D eigenvalue weighted by molar-refractivity contribution is -0.126. The minimum Gasteiger partial charge on any atom is -0.489 e. The van der Waals surface area contributed by atoms with Gasteiger partial charge in [0.15, 0.2) is 0 Å². The van der Waals surface area contributed by atoms with Crippen LogP contribution in [0.3, 0.4) is 0 Å². The lowest BCUT2D eigenvalue weighted by Crippen LogP contribution is -2.33. The van der Waals surface area contributed by atoms with Crippen LogP contribution < -0.4 is 26.4 Å². The Kier molecular flexibility index (Phi) is 16.2. The molecule has 10 nitrogen and oxygen atoms in total. The van der Waals surface area contributed by atoms with Crippen molar-refractivity contribution in [3.8, 4) is 17.6 Å². The number of benzene rings is 1. The molecule has 0 saturated carbocycles. The second-order valence-corrected chi connectivity index (χ2v) is 7.54. The van der Waals surface area contributed by atoms with E-state index in [0.29, 0.717) is 50.1 Å². The molecule has 0 saturated heterocycles. The molecule has 1 rings (SSSR count). The van der Waals surface area contributed by atoms with Crippen molar-refractivity contribution in [2.24, 2.45) is 11.7 Å². The summed E-state index contributed by atoms with van der Waals surface area (Å²) in [6, 6.07) is 6.83. The zero-order valence-electron chi connectivity index (χ0n) is 20.4. The number of hydrogen-bond donors (Lipinski definition) is 4. The minimum atomic E-state index is -0.679. The van der Waals surface area contributed by atoms with E-state index < -0.39 is 6.23 Å². The molecule has 1 atom stereocenters. The highest BCUT2D eigenvalue weighted by molar-refractivity contribution is 5.94. The SMILES string of the molecule is CNCCNC(=O)c1cccc(OCC(N)OCCOCC(=O)NCCOCC#CC(C)C)c1.